The first kappa shape index (κ1) is 9.86. The van der Waals surface area contributed by atoms with E-state index < -0.39 is 0 Å². The van der Waals surface area contributed by atoms with Crippen LogP contribution in [0.3, 0.4) is 0 Å². The van der Waals surface area contributed by atoms with E-state index in [1.54, 1.807) is 4.90 Å². The number of likely N-dealkylation sites (tertiary alicyclic amines) is 1. The van der Waals surface area contributed by atoms with Gasteiger partial charge in [-0.2, -0.15) is 5.26 Å². The van der Waals surface area contributed by atoms with Gasteiger partial charge in [0.1, 0.15) is 12.6 Å². The third kappa shape index (κ3) is 1.62. The number of rotatable bonds is 2. The Morgan fingerprint density at radius 2 is 2.06 bits per heavy atom. The summed E-state index contributed by atoms with van der Waals surface area (Å²) in [5.41, 5.74) is 1.40. The van der Waals surface area contributed by atoms with Crippen molar-refractivity contribution in [1.82, 2.24) is 0 Å². The smallest absolute Gasteiger partial charge is 0.104 e. The second-order valence-electron chi connectivity index (χ2n) is 5.20. The van der Waals surface area contributed by atoms with E-state index in [0.29, 0.717) is 12.0 Å². The van der Waals surface area contributed by atoms with Crippen LogP contribution in [0.1, 0.15) is 18.4 Å². The fourth-order valence-electron chi connectivity index (χ4n) is 3.49. The average molecular weight is 213 g/mol. The zero-order chi connectivity index (χ0) is 11.0. The molecule has 1 saturated carbocycles. The molecule has 2 nitrogen and oxygen atoms in total. The molecule has 1 heterocycles. The van der Waals surface area contributed by atoms with Gasteiger partial charge in [0, 0.05) is 17.9 Å². The lowest BCUT2D eigenvalue weighted by molar-refractivity contribution is -0.933. The Bertz CT molecular complexity index is 406. The number of quaternary nitrogens is 1. The van der Waals surface area contributed by atoms with Crippen molar-refractivity contribution in [2.24, 2.45) is 11.8 Å². The second kappa shape index (κ2) is 3.92. The molecule has 1 unspecified atom stereocenters. The third-order valence-corrected chi connectivity index (χ3v) is 4.18. The van der Waals surface area contributed by atoms with Crippen molar-refractivity contribution in [1.29, 1.82) is 5.26 Å². The van der Waals surface area contributed by atoms with Crippen LogP contribution in [-0.2, 0) is 6.54 Å². The van der Waals surface area contributed by atoms with Crippen molar-refractivity contribution >= 4 is 0 Å². The molecule has 1 aromatic rings. The largest absolute Gasteiger partial charge is 0.327 e. The highest BCUT2D eigenvalue weighted by Crippen LogP contribution is 2.32. The van der Waals surface area contributed by atoms with E-state index >= 15 is 0 Å². The topological polar surface area (TPSA) is 28.2 Å². The van der Waals surface area contributed by atoms with Crippen LogP contribution in [0.5, 0.6) is 0 Å². The maximum absolute atomic E-state index is 9.11. The van der Waals surface area contributed by atoms with Crippen molar-refractivity contribution in [2.45, 2.75) is 25.4 Å². The first-order valence-electron chi connectivity index (χ1n) is 6.15. The predicted octanol–water partition coefficient (Wildman–Crippen LogP) is 1.00. The molecule has 2 heteroatoms. The highest BCUT2D eigenvalue weighted by Gasteiger charge is 2.48. The molecule has 1 aliphatic heterocycles. The molecule has 0 spiro atoms. The monoisotopic (exact) mass is 213 g/mol. The Kier molecular flexibility index (Phi) is 2.41. The van der Waals surface area contributed by atoms with Crippen molar-refractivity contribution in [2.75, 3.05) is 6.54 Å². The lowest BCUT2D eigenvalue weighted by Crippen LogP contribution is -3.14. The molecule has 2 bridgehead atoms. The highest BCUT2D eigenvalue weighted by atomic mass is 15.2. The van der Waals surface area contributed by atoms with Crippen molar-refractivity contribution in [3.8, 4) is 6.07 Å². The maximum Gasteiger partial charge on any atom is 0.104 e. The molecule has 4 atom stereocenters. The Hall–Kier alpha value is -1.33. The number of nitrogens with zero attached hydrogens (tertiary/aromatic N) is 1. The van der Waals surface area contributed by atoms with Gasteiger partial charge in [-0.25, -0.2) is 0 Å². The summed E-state index contributed by atoms with van der Waals surface area (Å²) in [6, 6.07) is 13.8. The Balaban J connectivity index is 1.72. The molecule has 16 heavy (non-hydrogen) atoms. The Morgan fingerprint density at radius 1 is 1.25 bits per heavy atom. The first-order chi connectivity index (χ1) is 7.86. The summed E-state index contributed by atoms with van der Waals surface area (Å²) < 4.78 is 0. The molecule has 1 saturated heterocycles. The minimum absolute atomic E-state index is 0.317. The van der Waals surface area contributed by atoms with Gasteiger partial charge in [-0.1, -0.05) is 30.3 Å². The van der Waals surface area contributed by atoms with Crippen LogP contribution >= 0.6 is 0 Å². The molecule has 1 aliphatic carbocycles. The van der Waals surface area contributed by atoms with Crippen molar-refractivity contribution in [3.05, 3.63) is 35.9 Å². The third-order valence-electron chi connectivity index (χ3n) is 4.18. The zero-order valence-corrected chi connectivity index (χ0v) is 9.39. The molecule has 1 N–H and O–H groups in total. The average Bonchev–Trinajstić information content (AvgIpc) is 2.89. The Morgan fingerprint density at radius 3 is 2.75 bits per heavy atom. The van der Waals surface area contributed by atoms with E-state index in [2.05, 4.69) is 36.4 Å². The molecule has 3 rings (SSSR count). The fourth-order valence-corrected chi connectivity index (χ4v) is 3.49. The molecule has 0 amide bonds. The van der Waals surface area contributed by atoms with Crippen LogP contribution in [0.15, 0.2) is 30.3 Å². The van der Waals surface area contributed by atoms with Crippen LogP contribution in [0, 0.1) is 23.2 Å². The summed E-state index contributed by atoms with van der Waals surface area (Å²) in [5, 5.41) is 9.11. The summed E-state index contributed by atoms with van der Waals surface area (Å²) in [5.74, 6) is 1.13. The number of benzene rings is 1. The highest BCUT2D eigenvalue weighted by molar-refractivity contribution is 5.13. The van der Waals surface area contributed by atoms with Crippen LogP contribution in [0.25, 0.3) is 0 Å². The van der Waals surface area contributed by atoms with Gasteiger partial charge in [-0.05, 0) is 6.42 Å². The van der Waals surface area contributed by atoms with Gasteiger partial charge in [0.05, 0.1) is 18.5 Å². The number of fused-ring (bicyclic) bond motifs is 2. The van der Waals surface area contributed by atoms with Gasteiger partial charge in [0.15, 0.2) is 0 Å². The normalized spacial score (nSPS) is 36.2. The Labute approximate surface area is 96.5 Å². The number of nitrogens with one attached hydrogen (secondary N) is 1. The molecular weight excluding hydrogens is 196 g/mol. The van der Waals surface area contributed by atoms with Gasteiger partial charge >= 0.3 is 0 Å². The van der Waals surface area contributed by atoms with Crippen molar-refractivity contribution < 1.29 is 4.90 Å². The predicted molar refractivity (Wildman–Crippen MR) is 61.6 cm³/mol. The summed E-state index contributed by atoms with van der Waals surface area (Å²) in [6.07, 6.45) is 2.43. The van der Waals surface area contributed by atoms with Crippen molar-refractivity contribution in [3.63, 3.8) is 0 Å². The minimum Gasteiger partial charge on any atom is -0.327 e. The summed E-state index contributed by atoms with van der Waals surface area (Å²) >= 11 is 0. The van der Waals surface area contributed by atoms with E-state index in [1.165, 1.54) is 18.5 Å². The van der Waals surface area contributed by atoms with Gasteiger partial charge in [0.25, 0.3) is 0 Å². The quantitative estimate of drug-likeness (QED) is 0.780. The summed E-state index contributed by atoms with van der Waals surface area (Å²) in [4.78, 5) is 1.63. The number of hydrogen-bond donors (Lipinski definition) is 1. The number of piperidine rings is 1. The number of nitriles is 1. The molecule has 0 radical (unpaired) electrons. The SMILES string of the molecule is N#C[C@H]1C[C@H]2C[C@@H]1[NH+](Cc1ccccc1)C2. The van der Waals surface area contributed by atoms with E-state index in [-0.39, 0.29) is 0 Å². The summed E-state index contributed by atoms with van der Waals surface area (Å²) in [7, 11) is 0. The molecule has 82 valence electrons. The lowest BCUT2D eigenvalue weighted by Gasteiger charge is -2.26. The molecule has 0 aromatic heterocycles. The van der Waals surface area contributed by atoms with E-state index in [0.717, 1.165) is 18.9 Å². The van der Waals surface area contributed by atoms with Crippen LogP contribution in [0.2, 0.25) is 0 Å². The summed E-state index contributed by atoms with van der Waals surface area (Å²) in [6.45, 7) is 2.37. The van der Waals surface area contributed by atoms with E-state index in [9.17, 15) is 0 Å². The molecule has 2 fully saturated rings. The lowest BCUT2D eigenvalue weighted by atomic mass is 9.99. The first-order valence-corrected chi connectivity index (χ1v) is 6.15. The number of hydrogen-bond acceptors (Lipinski definition) is 1. The second-order valence-corrected chi connectivity index (χ2v) is 5.20. The van der Waals surface area contributed by atoms with Crippen LogP contribution in [-0.4, -0.2) is 12.6 Å². The van der Waals surface area contributed by atoms with Gasteiger partial charge in [-0.15, -0.1) is 0 Å². The van der Waals surface area contributed by atoms with E-state index in [4.69, 9.17) is 5.26 Å². The van der Waals surface area contributed by atoms with Crippen LogP contribution in [0.4, 0.5) is 0 Å². The minimum atomic E-state index is 0.317. The van der Waals surface area contributed by atoms with Crippen LogP contribution < -0.4 is 4.90 Å². The standard InChI is InChI=1S/C14H16N2/c15-8-13-6-12-7-14(13)16(10-12)9-11-4-2-1-3-5-11/h1-5,12-14H,6-7,9-10H2/p+1/t12-,13+,14-/m0/s1. The molecular formula is C14H17N2+. The maximum atomic E-state index is 9.11. The van der Waals surface area contributed by atoms with Gasteiger partial charge in [-0.3, -0.25) is 0 Å². The molecule has 1 aromatic carbocycles. The van der Waals surface area contributed by atoms with E-state index in [1.807, 2.05) is 0 Å². The van der Waals surface area contributed by atoms with Gasteiger partial charge < -0.3 is 4.90 Å². The van der Waals surface area contributed by atoms with Gasteiger partial charge in [0.2, 0.25) is 0 Å². The zero-order valence-electron chi connectivity index (χ0n) is 9.39. The molecule has 2 aliphatic rings. The fraction of sp³-hybridized carbons (Fsp3) is 0.500.